The van der Waals surface area contributed by atoms with Crippen LogP contribution in [0.2, 0.25) is 0 Å². The van der Waals surface area contributed by atoms with Crippen LogP contribution in [0.15, 0.2) is 60.8 Å². The van der Waals surface area contributed by atoms with Gasteiger partial charge in [0.2, 0.25) is 5.95 Å². The first-order valence-corrected chi connectivity index (χ1v) is 9.61. The predicted molar refractivity (Wildman–Crippen MR) is 116 cm³/mol. The van der Waals surface area contributed by atoms with E-state index in [1.54, 1.807) is 6.07 Å². The van der Waals surface area contributed by atoms with Crippen LogP contribution in [0.25, 0.3) is 10.9 Å². The Balaban J connectivity index is 1.41. The second-order valence-corrected chi connectivity index (χ2v) is 7.07. The van der Waals surface area contributed by atoms with Gasteiger partial charge in [-0.3, -0.25) is 4.79 Å². The highest BCUT2D eigenvalue weighted by Crippen LogP contribution is 2.18. The monoisotopic (exact) mass is 385 g/mol. The standard InChI is InChI=1S/C23H23N5O/c1-15-7-9-18(10-8-15)27-23-26-16(2)13-21(28-23)22(29)24-12-11-17-14-25-20-6-4-3-5-19(17)20/h3-10,13-14,25H,11-12H2,1-2H3,(H,24,29)(H,26,27,28). The van der Waals surface area contributed by atoms with Crippen molar-refractivity contribution in [2.24, 2.45) is 0 Å². The quantitative estimate of drug-likeness (QED) is 0.462. The van der Waals surface area contributed by atoms with E-state index in [0.717, 1.165) is 23.3 Å². The van der Waals surface area contributed by atoms with Crippen molar-refractivity contribution < 1.29 is 4.79 Å². The molecule has 0 radical (unpaired) electrons. The van der Waals surface area contributed by atoms with Crippen LogP contribution in [-0.4, -0.2) is 27.4 Å². The Morgan fingerprint density at radius 2 is 1.83 bits per heavy atom. The molecule has 0 unspecified atom stereocenters. The summed E-state index contributed by atoms with van der Waals surface area (Å²) in [6, 6.07) is 17.8. The van der Waals surface area contributed by atoms with Crippen LogP contribution in [0.3, 0.4) is 0 Å². The van der Waals surface area contributed by atoms with Crippen molar-refractivity contribution in [2.75, 3.05) is 11.9 Å². The minimum absolute atomic E-state index is 0.206. The number of hydrogen-bond acceptors (Lipinski definition) is 4. The SMILES string of the molecule is Cc1ccc(Nc2nc(C)cc(C(=O)NCCc3c[nH]c4ccccc34)n2)cc1. The molecule has 0 atom stereocenters. The lowest BCUT2D eigenvalue weighted by atomic mass is 10.1. The highest BCUT2D eigenvalue weighted by Gasteiger charge is 2.11. The smallest absolute Gasteiger partial charge is 0.270 e. The number of nitrogens with zero attached hydrogens (tertiary/aromatic N) is 2. The van der Waals surface area contributed by atoms with Crippen LogP contribution in [0.1, 0.15) is 27.3 Å². The Labute approximate surface area is 169 Å². The normalized spacial score (nSPS) is 10.8. The molecule has 1 amide bonds. The molecular weight excluding hydrogens is 362 g/mol. The molecule has 0 saturated carbocycles. The summed E-state index contributed by atoms with van der Waals surface area (Å²) in [4.78, 5) is 24.6. The summed E-state index contributed by atoms with van der Waals surface area (Å²) in [5, 5.41) is 7.30. The molecule has 0 fully saturated rings. The van der Waals surface area contributed by atoms with E-state index in [-0.39, 0.29) is 5.91 Å². The number of aromatic amines is 1. The number of amides is 1. The lowest BCUT2D eigenvalue weighted by Gasteiger charge is -2.09. The van der Waals surface area contributed by atoms with Crippen LogP contribution in [-0.2, 0) is 6.42 Å². The zero-order valence-electron chi connectivity index (χ0n) is 16.5. The number of aryl methyl sites for hydroxylation is 2. The number of hydrogen-bond donors (Lipinski definition) is 3. The van der Waals surface area contributed by atoms with Crippen LogP contribution in [0.4, 0.5) is 11.6 Å². The van der Waals surface area contributed by atoms with Gasteiger partial charge in [-0.25, -0.2) is 9.97 Å². The first-order valence-electron chi connectivity index (χ1n) is 9.61. The Bertz CT molecular complexity index is 1150. The average molecular weight is 385 g/mol. The van der Waals surface area contributed by atoms with Gasteiger partial charge in [-0.15, -0.1) is 0 Å². The van der Waals surface area contributed by atoms with E-state index < -0.39 is 0 Å². The van der Waals surface area contributed by atoms with Gasteiger partial charge in [-0.1, -0.05) is 35.9 Å². The molecule has 4 rings (SSSR count). The number of anilines is 2. The van der Waals surface area contributed by atoms with Crippen molar-refractivity contribution in [1.82, 2.24) is 20.3 Å². The Hall–Kier alpha value is -3.67. The zero-order valence-corrected chi connectivity index (χ0v) is 16.5. The molecule has 29 heavy (non-hydrogen) atoms. The molecule has 0 aliphatic carbocycles. The van der Waals surface area contributed by atoms with E-state index in [0.29, 0.717) is 18.2 Å². The lowest BCUT2D eigenvalue weighted by molar-refractivity contribution is 0.0949. The number of fused-ring (bicyclic) bond motifs is 1. The van der Waals surface area contributed by atoms with E-state index in [4.69, 9.17) is 0 Å². The van der Waals surface area contributed by atoms with E-state index in [2.05, 4.69) is 31.7 Å². The van der Waals surface area contributed by atoms with Crippen molar-refractivity contribution in [3.8, 4) is 0 Å². The maximum absolute atomic E-state index is 12.6. The maximum Gasteiger partial charge on any atom is 0.270 e. The number of nitrogens with one attached hydrogen (secondary N) is 3. The first kappa shape index (κ1) is 18.7. The summed E-state index contributed by atoms with van der Waals surface area (Å²) in [5.41, 5.74) is 5.43. The number of benzene rings is 2. The lowest BCUT2D eigenvalue weighted by Crippen LogP contribution is -2.27. The van der Waals surface area contributed by atoms with Gasteiger partial charge in [0.25, 0.3) is 5.91 Å². The molecule has 4 aromatic rings. The third kappa shape index (κ3) is 4.43. The van der Waals surface area contributed by atoms with Gasteiger partial charge in [0, 0.05) is 35.0 Å². The summed E-state index contributed by atoms with van der Waals surface area (Å²) < 4.78 is 0. The van der Waals surface area contributed by atoms with Crippen molar-refractivity contribution >= 4 is 28.4 Å². The number of rotatable bonds is 6. The van der Waals surface area contributed by atoms with Crippen molar-refractivity contribution in [3.63, 3.8) is 0 Å². The van der Waals surface area contributed by atoms with Crippen LogP contribution < -0.4 is 10.6 Å². The van der Waals surface area contributed by atoms with Gasteiger partial charge in [0.1, 0.15) is 5.69 Å². The molecule has 146 valence electrons. The Morgan fingerprint density at radius 3 is 2.66 bits per heavy atom. The molecule has 2 aromatic heterocycles. The number of H-pyrrole nitrogens is 1. The summed E-state index contributed by atoms with van der Waals surface area (Å²) in [6.45, 7) is 4.42. The second kappa shape index (κ2) is 8.14. The first-order chi connectivity index (χ1) is 14.1. The molecule has 0 saturated heterocycles. The van der Waals surface area contributed by atoms with E-state index in [1.807, 2.05) is 62.5 Å². The van der Waals surface area contributed by atoms with Gasteiger partial charge in [-0.2, -0.15) is 0 Å². The molecule has 0 aliphatic heterocycles. The number of carbonyl (C=O) groups excluding carboxylic acids is 1. The molecule has 0 spiro atoms. The third-order valence-electron chi connectivity index (χ3n) is 4.75. The molecule has 6 heteroatoms. The molecular formula is C23H23N5O. The molecule has 0 aliphatic rings. The fourth-order valence-corrected chi connectivity index (χ4v) is 3.25. The molecule has 0 bridgehead atoms. The predicted octanol–water partition coefficient (Wildman–Crippen LogP) is 4.29. The fourth-order valence-electron chi connectivity index (χ4n) is 3.25. The Morgan fingerprint density at radius 1 is 1.03 bits per heavy atom. The van der Waals surface area contributed by atoms with Crippen LogP contribution in [0.5, 0.6) is 0 Å². The van der Waals surface area contributed by atoms with Gasteiger partial charge < -0.3 is 15.6 Å². The van der Waals surface area contributed by atoms with Crippen molar-refractivity contribution in [1.29, 1.82) is 0 Å². The fraction of sp³-hybridized carbons (Fsp3) is 0.174. The van der Waals surface area contributed by atoms with Gasteiger partial charge in [0.15, 0.2) is 0 Å². The van der Waals surface area contributed by atoms with E-state index >= 15 is 0 Å². The average Bonchev–Trinajstić information content (AvgIpc) is 3.12. The zero-order chi connectivity index (χ0) is 20.2. The second-order valence-electron chi connectivity index (χ2n) is 7.07. The molecule has 6 nitrogen and oxygen atoms in total. The van der Waals surface area contributed by atoms with Gasteiger partial charge in [-0.05, 0) is 50.1 Å². The minimum atomic E-state index is -0.206. The van der Waals surface area contributed by atoms with E-state index in [9.17, 15) is 4.79 Å². The minimum Gasteiger partial charge on any atom is -0.361 e. The van der Waals surface area contributed by atoms with Crippen molar-refractivity contribution in [2.45, 2.75) is 20.3 Å². The van der Waals surface area contributed by atoms with Crippen molar-refractivity contribution in [3.05, 3.63) is 83.3 Å². The molecule has 2 heterocycles. The topological polar surface area (TPSA) is 82.7 Å². The molecule has 2 aromatic carbocycles. The summed E-state index contributed by atoms with van der Waals surface area (Å²) in [5.74, 6) is 0.206. The number of aromatic nitrogens is 3. The van der Waals surface area contributed by atoms with Crippen LogP contribution in [0, 0.1) is 13.8 Å². The third-order valence-corrected chi connectivity index (χ3v) is 4.75. The number of carbonyl (C=O) groups is 1. The van der Waals surface area contributed by atoms with Gasteiger partial charge >= 0.3 is 0 Å². The maximum atomic E-state index is 12.6. The largest absolute Gasteiger partial charge is 0.361 e. The Kier molecular flexibility index (Phi) is 5.24. The summed E-state index contributed by atoms with van der Waals surface area (Å²) in [7, 11) is 0. The highest BCUT2D eigenvalue weighted by atomic mass is 16.1. The van der Waals surface area contributed by atoms with Gasteiger partial charge in [0.05, 0.1) is 0 Å². The van der Waals surface area contributed by atoms with E-state index in [1.165, 1.54) is 16.5 Å². The van der Waals surface area contributed by atoms with Crippen LogP contribution >= 0.6 is 0 Å². The summed E-state index contributed by atoms with van der Waals surface area (Å²) >= 11 is 0. The number of para-hydroxylation sites is 1. The summed E-state index contributed by atoms with van der Waals surface area (Å²) in [6.07, 6.45) is 2.74. The highest BCUT2D eigenvalue weighted by molar-refractivity contribution is 5.92. The molecule has 3 N–H and O–H groups in total.